The number of aryl methyl sites for hydroxylation is 1. The standard InChI is InChI=1S/C25H26N2O4/c1-17(31-23-14-6-9-18-8-2-3-11-20(18)23)24(28)27-22-13-5-4-12-21(22)25(29)26-16-19-10-7-15-30-19/h4-7,9-10,12-15,17H,2-3,8,11,16H2,1H3,(H,26,29)(H,27,28)/t17-/m1/s1. The fraction of sp³-hybridized carbons (Fsp3) is 0.280. The molecule has 1 aliphatic carbocycles. The molecule has 6 nitrogen and oxygen atoms in total. The second-order valence-electron chi connectivity index (χ2n) is 7.66. The van der Waals surface area contributed by atoms with Crippen LogP contribution in [-0.2, 0) is 24.2 Å². The highest BCUT2D eigenvalue weighted by Gasteiger charge is 2.21. The second-order valence-corrected chi connectivity index (χ2v) is 7.66. The van der Waals surface area contributed by atoms with E-state index in [0.29, 0.717) is 17.0 Å². The number of amides is 2. The molecule has 0 radical (unpaired) electrons. The Kier molecular flexibility index (Phi) is 6.36. The highest BCUT2D eigenvalue weighted by Crippen LogP contribution is 2.30. The number of nitrogens with one attached hydrogen (secondary N) is 2. The van der Waals surface area contributed by atoms with Crippen LogP contribution in [0.25, 0.3) is 0 Å². The van der Waals surface area contributed by atoms with Crippen LogP contribution in [-0.4, -0.2) is 17.9 Å². The van der Waals surface area contributed by atoms with Crippen LogP contribution in [0.5, 0.6) is 5.75 Å². The lowest BCUT2D eigenvalue weighted by molar-refractivity contribution is -0.122. The third kappa shape index (κ3) is 4.97. The summed E-state index contributed by atoms with van der Waals surface area (Å²) in [6.45, 7) is 1.99. The van der Waals surface area contributed by atoms with Crippen molar-refractivity contribution in [2.75, 3.05) is 5.32 Å². The summed E-state index contributed by atoms with van der Waals surface area (Å²) in [5, 5.41) is 5.64. The number of anilines is 1. The number of carbonyl (C=O) groups excluding carboxylic acids is 2. The fourth-order valence-electron chi connectivity index (χ4n) is 3.80. The molecule has 1 aliphatic rings. The van der Waals surface area contributed by atoms with Crippen molar-refractivity contribution in [3.63, 3.8) is 0 Å². The summed E-state index contributed by atoms with van der Waals surface area (Å²) in [5.41, 5.74) is 3.32. The van der Waals surface area contributed by atoms with Gasteiger partial charge in [0.05, 0.1) is 24.1 Å². The first-order valence-electron chi connectivity index (χ1n) is 10.6. The summed E-state index contributed by atoms with van der Waals surface area (Å²) >= 11 is 0. The Balaban J connectivity index is 1.42. The molecule has 2 N–H and O–H groups in total. The van der Waals surface area contributed by atoms with Crippen LogP contribution in [0.1, 0.15) is 47.0 Å². The molecule has 3 aromatic rings. The monoisotopic (exact) mass is 418 g/mol. The summed E-state index contributed by atoms with van der Waals surface area (Å²) in [6.07, 6.45) is 5.19. The average molecular weight is 418 g/mol. The number of ether oxygens (including phenoxy) is 1. The van der Waals surface area contributed by atoms with Crippen molar-refractivity contribution >= 4 is 17.5 Å². The van der Waals surface area contributed by atoms with Gasteiger partial charge in [-0.2, -0.15) is 0 Å². The van der Waals surface area contributed by atoms with Gasteiger partial charge in [-0.05, 0) is 74.1 Å². The zero-order valence-electron chi connectivity index (χ0n) is 17.5. The number of carbonyl (C=O) groups is 2. The van der Waals surface area contributed by atoms with E-state index in [2.05, 4.69) is 16.7 Å². The van der Waals surface area contributed by atoms with Gasteiger partial charge in [-0.3, -0.25) is 9.59 Å². The Bertz CT molecular complexity index is 1060. The molecule has 0 aliphatic heterocycles. The fourth-order valence-corrected chi connectivity index (χ4v) is 3.80. The molecule has 6 heteroatoms. The molecule has 0 fully saturated rings. The van der Waals surface area contributed by atoms with Gasteiger partial charge in [-0.15, -0.1) is 0 Å². The predicted octanol–water partition coefficient (Wildman–Crippen LogP) is 4.49. The van der Waals surface area contributed by atoms with E-state index >= 15 is 0 Å². The lowest BCUT2D eigenvalue weighted by atomic mass is 9.91. The quantitative estimate of drug-likeness (QED) is 0.592. The first-order chi connectivity index (χ1) is 15.1. The number of para-hydroxylation sites is 1. The third-order valence-corrected chi connectivity index (χ3v) is 5.46. The van der Waals surface area contributed by atoms with Gasteiger partial charge in [0.15, 0.2) is 6.10 Å². The van der Waals surface area contributed by atoms with Crippen molar-refractivity contribution in [1.82, 2.24) is 5.32 Å². The van der Waals surface area contributed by atoms with E-state index in [4.69, 9.17) is 9.15 Å². The largest absolute Gasteiger partial charge is 0.481 e. The van der Waals surface area contributed by atoms with Gasteiger partial charge in [0.1, 0.15) is 11.5 Å². The van der Waals surface area contributed by atoms with E-state index in [1.165, 1.54) is 17.5 Å². The molecule has 4 rings (SSSR count). The minimum atomic E-state index is -0.701. The van der Waals surface area contributed by atoms with Gasteiger partial charge in [-0.1, -0.05) is 24.3 Å². The van der Waals surface area contributed by atoms with E-state index < -0.39 is 6.10 Å². The van der Waals surface area contributed by atoms with Crippen molar-refractivity contribution in [3.05, 3.63) is 83.3 Å². The summed E-state index contributed by atoms with van der Waals surface area (Å²) in [4.78, 5) is 25.4. The summed E-state index contributed by atoms with van der Waals surface area (Å²) < 4.78 is 11.3. The number of hydrogen-bond acceptors (Lipinski definition) is 4. The van der Waals surface area contributed by atoms with Crippen LogP contribution >= 0.6 is 0 Å². The average Bonchev–Trinajstić information content (AvgIpc) is 3.32. The SMILES string of the molecule is C[C@@H](Oc1cccc2c1CCCC2)C(=O)Nc1ccccc1C(=O)NCc1ccco1. The molecular weight excluding hydrogens is 392 g/mol. The molecule has 1 aromatic heterocycles. The summed E-state index contributed by atoms with van der Waals surface area (Å²) in [6, 6.07) is 16.5. The van der Waals surface area contributed by atoms with E-state index in [1.807, 2.05) is 12.1 Å². The van der Waals surface area contributed by atoms with Crippen LogP contribution in [0.15, 0.2) is 65.3 Å². The van der Waals surface area contributed by atoms with Crippen molar-refractivity contribution < 1.29 is 18.7 Å². The normalized spacial score (nSPS) is 13.7. The first-order valence-corrected chi connectivity index (χ1v) is 10.6. The van der Waals surface area contributed by atoms with Gasteiger partial charge < -0.3 is 19.8 Å². The lowest BCUT2D eigenvalue weighted by Gasteiger charge is -2.22. The number of furan rings is 1. The predicted molar refractivity (Wildman–Crippen MR) is 118 cm³/mol. The van der Waals surface area contributed by atoms with E-state index in [0.717, 1.165) is 25.0 Å². The van der Waals surface area contributed by atoms with Crippen LogP contribution in [0.4, 0.5) is 5.69 Å². The van der Waals surface area contributed by atoms with Crippen molar-refractivity contribution in [3.8, 4) is 5.75 Å². The first kappa shape index (κ1) is 20.7. The number of benzene rings is 2. The smallest absolute Gasteiger partial charge is 0.265 e. The topological polar surface area (TPSA) is 80.6 Å². The van der Waals surface area contributed by atoms with Crippen molar-refractivity contribution in [2.45, 2.75) is 45.3 Å². The summed E-state index contributed by atoms with van der Waals surface area (Å²) in [5.74, 6) is 0.824. The van der Waals surface area contributed by atoms with Gasteiger partial charge in [0.25, 0.3) is 11.8 Å². The molecular formula is C25H26N2O4. The maximum atomic E-state index is 12.8. The molecule has 0 unspecified atom stereocenters. The van der Waals surface area contributed by atoms with Gasteiger partial charge >= 0.3 is 0 Å². The molecule has 160 valence electrons. The highest BCUT2D eigenvalue weighted by molar-refractivity contribution is 6.04. The van der Waals surface area contributed by atoms with Gasteiger partial charge in [0, 0.05) is 0 Å². The number of rotatable bonds is 7. The van der Waals surface area contributed by atoms with Crippen molar-refractivity contribution in [1.29, 1.82) is 0 Å². The maximum absolute atomic E-state index is 12.8. The summed E-state index contributed by atoms with van der Waals surface area (Å²) in [7, 11) is 0. The van der Waals surface area contributed by atoms with Crippen LogP contribution in [0, 0.1) is 0 Å². The molecule has 0 spiro atoms. The zero-order chi connectivity index (χ0) is 21.6. The Morgan fingerprint density at radius 3 is 2.71 bits per heavy atom. The maximum Gasteiger partial charge on any atom is 0.265 e. The number of fused-ring (bicyclic) bond motifs is 1. The Labute approximate surface area is 181 Å². The Hall–Kier alpha value is -3.54. The number of hydrogen-bond donors (Lipinski definition) is 2. The molecule has 2 amide bonds. The molecule has 0 saturated carbocycles. The second kappa shape index (κ2) is 9.51. The molecule has 1 atom stereocenters. The molecule has 0 bridgehead atoms. The third-order valence-electron chi connectivity index (χ3n) is 5.46. The van der Waals surface area contributed by atoms with Gasteiger partial charge in [-0.25, -0.2) is 0 Å². The Morgan fingerprint density at radius 1 is 1.03 bits per heavy atom. The van der Waals surface area contributed by atoms with E-state index in [1.54, 1.807) is 49.6 Å². The van der Waals surface area contributed by atoms with E-state index in [9.17, 15) is 9.59 Å². The van der Waals surface area contributed by atoms with Crippen LogP contribution in [0.2, 0.25) is 0 Å². The Morgan fingerprint density at radius 2 is 1.87 bits per heavy atom. The minimum absolute atomic E-state index is 0.271. The van der Waals surface area contributed by atoms with Crippen LogP contribution in [0.3, 0.4) is 0 Å². The minimum Gasteiger partial charge on any atom is -0.481 e. The van der Waals surface area contributed by atoms with Crippen LogP contribution < -0.4 is 15.4 Å². The molecule has 0 saturated heterocycles. The van der Waals surface area contributed by atoms with Crippen molar-refractivity contribution in [2.24, 2.45) is 0 Å². The molecule has 31 heavy (non-hydrogen) atoms. The van der Waals surface area contributed by atoms with Gasteiger partial charge in [0.2, 0.25) is 0 Å². The zero-order valence-corrected chi connectivity index (χ0v) is 17.5. The highest BCUT2D eigenvalue weighted by atomic mass is 16.5. The molecule has 2 aromatic carbocycles. The lowest BCUT2D eigenvalue weighted by Crippen LogP contribution is -2.32. The molecule has 1 heterocycles. The van der Waals surface area contributed by atoms with E-state index in [-0.39, 0.29) is 18.4 Å².